The number of dihydropyridines is 1. The molecule has 28 heavy (non-hydrogen) atoms. The van der Waals surface area contributed by atoms with Crippen molar-refractivity contribution in [2.24, 2.45) is 10.7 Å². The Balaban J connectivity index is 1.71. The summed E-state index contributed by atoms with van der Waals surface area (Å²) in [5, 5.41) is 0. The van der Waals surface area contributed by atoms with Gasteiger partial charge in [0.1, 0.15) is 23.3 Å². The number of ether oxygens (including phenoxy) is 2. The van der Waals surface area contributed by atoms with Gasteiger partial charge in [-0.1, -0.05) is 0 Å². The van der Waals surface area contributed by atoms with Crippen molar-refractivity contribution in [2.45, 2.75) is 12.3 Å². The van der Waals surface area contributed by atoms with Gasteiger partial charge in [-0.25, -0.2) is 18.7 Å². The smallest absolute Gasteiger partial charge is 0.261 e. The lowest BCUT2D eigenvalue weighted by molar-refractivity contribution is 0.121. The minimum absolute atomic E-state index is 0.0837. The molecule has 2 saturated heterocycles. The maximum Gasteiger partial charge on any atom is 0.261 e. The van der Waals surface area contributed by atoms with Crippen molar-refractivity contribution in [2.75, 3.05) is 69.0 Å². The second-order valence-corrected chi connectivity index (χ2v) is 6.90. The highest BCUT2D eigenvalue weighted by Crippen LogP contribution is 2.32. The minimum atomic E-state index is -2.64. The first-order valence-electron chi connectivity index (χ1n) is 9.46. The summed E-state index contributed by atoms with van der Waals surface area (Å²) in [5.41, 5.74) is 5.57. The van der Waals surface area contributed by atoms with E-state index in [0.29, 0.717) is 58.4 Å². The average Bonchev–Trinajstić information content (AvgIpc) is 2.74. The molecule has 2 fully saturated rings. The monoisotopic (exact) mass is 394 g/mol. The lowest BCUT2D eigenvalue weighted by atomic mass is 9.95. The molecule has 0 saturated carbocycles. The normalized spacial score (nSPS) is 23.6. The molecule has 0 radical (unpaired) electrons. The van der Waals surface area contributed by atoms with Gasteiger partial charge in [-0.3, -0.25) is 4.99 Å². The molecule has 10 heteroatoms. The van der Waals surface area contributed by atoms with Crippen molar-refractivity contribution in [3.05, 3.63) is 23.5 Å². The van der Waals surface area contributed by atoms with Crippen molar-refractivity contribution in [1.82, 2.24) is 9.97 Å². The molecule has 0 spiro atoms. The van der Waals surface area contributed by atoms with Gasteiger partial charge >= 0.3 is 0 Å². The molecule has 1 aromatic rings. The van der Waals surface area contributed by atoms with E-state index in [9.17, 15) is 8.78 Å². The Hall–Kier alpha value is -2.33. The number of hydrogen-bond acceptors (Lipinski definition) is 8. The van der Waals surface area contributed by atoms with Crippen LogP contribution in [0.3, 0.4) is 0 Å². The summed E-state index contributed by atoms with van der Waals surface area (Å²) < 4.78 is 38.1. The van der Waals surface area contributed by atoms with Crippen LogP contribution in [-0.2, 0) is 9.47 Å². The van der Waals surface area contributed by atoms with Gasteiger partial charge < -0.3 is 25.0 Å². The largest absolute Gasteiger partial charge is 0.384 e. The van der Waals surface area contributed by atoms with Gasteiger partial charge in [0, 0.05) is 37.8 Å². The molecule has 0 aliphatic carbocycles. The number of anilines is 2. The third kappa shape index (κ3) is 4.07. The third-order valence-electron chi connectivity index (χ3n) is 5.12. The van der Waals surface area contributed by atoms with E-state index in [0.717, 1.165) is 11.6 Å². The van der Waals surface area contributed by atoms with Crippen molar-refractivity contribution in [3.63, 3.8) is 0 Å². The lowest BCUT2D eigenvalue weighted by Gasteiger charge is -2.32. The number of aromatic nitrogens is 2. The summed E-state index contributed by atoms with van der Waals surface area (Å²) in [6, 6.07) is 1.92. The van der Waals surface area contributed by atoms with Crippen LogP contribution in [0.15, 0.2) is 22.7 Å². The Labute approximate surface area is 162 Å². The summed E-state index contributed by atoms with van der Waals surface area (Å²) in [7, 11) is 0. The van der Waals surface area contributed by atoms with Crippen molar-refractivity contribution >= 4 is 17.5 Å². The first-order valence-corrected chi connectivity index (χ1v) is 9.46. The zero-order valence-corrected chi connectivity index (χ0v) is 15.6. The van der Waals surface area contributed by atoms with Crippen LogP contribution in [0, 0.1) is 0 Å². The summed E-state index contributed by atoms with van der Waals surface area (Å²) in [6.07, 6.45) is -1.39. The first-order chi connectivity index (χ1) is 13.6. The molecule has 0 aromatic carbocycles. The number of nitrogens with two attached hydrogens (primary N) is 1. The molecule has 8 nitrogen and oxygen atoms in total. The molecule has 2 N–H and O–H groups in total. The Morgan fingerprint density at radius 2 is 1.50 bits per heavy atom. The van der Waals surface area contributed by atoms with Crippen LogP contribution in [0.25, 0.3) is 0 Å². The molecule has 4 rings (SSSR count). The molecule has 3 aliphatic heterocycles. The Morgan fingerprint density at radius 3 is 2.00 bits per heavy atom. The molecule has 3 aliphatic rings. The quantitative estimate of drug-likeness (QED) is 0.808. The maximum atomic E-state index is 13.7. The number of nitrogens with zero attached hydrogens (tertiary/aromatic N) is 5. The number of morpholine rings is 2. The second-order valence-electron chi connectivity index (χ2n) is 6.90. The maximum absolute atomic E-state index is 13.7. The van der Waals surface area contributed by atoms with Crippen LogP contribution in [0.5, 0.6) is 0 Å². The fourth-order valence-electron chi connectivity index (χ4n) is 3.57. The topological polar surface area (TPSA) is 89.1 Å². The van der Waals surface area contributed by atoms with Gasteiger partial charge in [-0.05, 0) is 6.08 Å². The molecule has 4 heterocycles. The Bertz CT molecular complexity index is 724. The van der Waals surface area contributed by atoms with Crippen LogP contribution in [0.1, 0.15) is 11.7 Å². The first kappa shape index (κ1) is 19.0. The molecule has 1 unspecified atom stereocenters. The molecule has 152 valence electrons. The van der Waals surface area contributed by atoms with E-state index in [1.54, 1.807) is 0 Å². The summed E-state index contributed by atoms with van der Waals surface area (Å²) in [5.74, 6) is 1.24. The highest BCUT2D eigenvalue weighted by atomic mass is 19.3. The van der Waals surface area contributed by atoms with E-state index in [2.05, 4.69) is 24.8 Å². The molecular weight excluding hydrogens is 370 g/mol. The van der Waals surface area contributed by atoms with Gasteiger partial charge in [-0.2, -0.15) is 0 Å². The number of rotatable bonds is 4. The molecular formula is C18H24F2N6O2. The SMILES string of the molecule is NC1=NCC(c2nc(N3CCOCC3)cc(N3CCOCC3)n2)C(C(F)F)=C1. The lowest BCUT2D eigenvalue weighted by Crippen LogP contribution is -2.39. The van der Waals surface area contributed by atoms with Gasteiger partial charge in [0.15, 0.2) is 0 Å². The standard InChI is InChI=1S/C18H24F2N6O2/c19-17(20)12-9-14(21)22-11-13(12)18-23-15(25-1-5-27-6-2-25)10-16(24-18)26-3-7-28-8-4-26/h9-10,13,17H,1-8,11H2,(H2,21,22). The zero-order valence-electron chi connectivity index (χ0n) is 15.6. The molecule has 1 atom stereocenters. The number of halogens is 2. The minimum Gasteiger partial charge on any atom is -0.384 e. The van der Waals surface area contributed by atoms with Crippen LogP contribution in [0.4, 0.5) is 20.4 Å². The molecule has 1 aromatic heterocycles. The van der Waals surface area contributed by atoms with E-state index < -0.39 is 12.3 Å². The number of alkyl halides is 2. The zero-order chi connectivity index (χ0) is 19.5. The highest BCUT2D eigenvalue weighted by molar-refractivity contribution is 5.93. The van der Waals surface area contributed by atoms with E-state index in [1.807, 2.05) is 6.07 Å². The number of amidine groups is 1. The van der Waals surface area contributed by atoms with Crippen LogP contribution < -0.4 is 15.5 Å². The van der Waals surface area contributed by atoms with Crippen LogP contribution in [0.2, 0.25) is 0 Å². The third-order valence-corrected chi connectivity index (χ3v) is 5.12. The average molecular weight is 394 g/mol. The van der Waals surface area contributed by atoms with E-state index >= 15 is 0 Å². The Kier molecular flexibility index (Phi) is 5.67. The summed E-state index contributed by atoms with van der Waals surface area (Å²) in [4.78, 5) is 17.6. The summed E-state index contributed by atoms with van der Waals surface area (Å²) >= 11 is 0. The summed E-state index contributed by atoms with van der Waals surface area (Å²) in [6.45, 7) is 5.36. The second kappa shape index (κ2) is 8.36. The predicted molar refractivity (Wildman–Crippen MR) is 101 cm³/mol. The van der Waals surface area contributed by atoms with Crippen LogP contribution in [-0.4, -0.2) is 81.4 Å². The molecule has 0 bridgehead atoms. The fraction of sp³-hybridized carbons (Fsp3) is 0.611. The van der Waals surface area contributed by atoms with E-state index in [1.165, 1.54) is 6.08 Å². The van der Waals surface area contributed by atoms with Gasteiger partial charge in [0.2, 0.25) is 0 Å². The van der Waals surface area contributed by atoms with Crippen molar-refractivity contribution in [1.29, 1.82) is 0 Å². The van der Waals surface area contributed by atoms with Crippen molar-refractivity contribution < 1.29 is 18.3 Å². The van der Waals surface area contributed by atoms with Crippen molar-refractivity contribution in [3.8, 4) is 0 Å². The Morgan fingerprint density at radius 1 is 0.964 bits per heavy atom. The van der Waals surface area contributed by atoms with E-state index in [4.69, 9.17) is 15.2 Å². The van der Waals surface area contributed by atoms with E-state index in [-0.39, 0.29) is 18.0 Å². The molecule has 0 amide bonds. The fourth-order valence-corrected chi connectivity index (χ4v) is 3.57. The number of aliphatic imine (C=N–C) groups is 1. The van der Waals surface area contributed by atoms with Gasteiger partial charge in [0.25, 0.3) is 6.43 Å². The van der Waals surface area contributed by atoms with Gasteiger partial charge in [-0.15, -0.1) is 0 Å². The highest BCUT2D eigenvalue weighted by Gasteiger charge is 2.31. The predicted octanol–water partition coefficient (Wildman–Crippen LogP) is 0.796. The van der Waals surface area contributed by atoms with Crippen LogP contribution >= 0.6 is 0 Å². The van der Waals surface area contributed by atoms with Gasteiger partial charge in [0.05, 0.1) is 38.9 Å². The number of hydrogen-bond donors (Lipinski definition) is 1.